The van der Waals surface area contributed by atoms with E-state index in [1.165, 1.54) is 21.7 Å². The lowest BCUT2D eigenvalue weighted by Crippen LogP contribution is -2.31. The third kappa shape index (κ3) is 2.75. The normalized spacial score (nSPS) is 20.4. The smallest absolute Gasteiger partial charge is 0.296 e. The molecule has 4 rings (SSSR count). The molecule has 1 amide bonds. The number of hydrogen-bond acceptors (Lipinski definition) is 7. The third-order valence-electron chi connectivity index (χ3n) is 4.41. The predicted molar refractivity (Wildman–Crippen MR) is 95.7 cm³/mol. The zero-order valence-electron chi connectivity index (χ0n) is 13.4. The van der Waals surface area contributed by atoms with Crippen LogP contribution >= 0.6 is 23.1 Å². The first-order chi connectivity index (χ1) is 12.1. The van der Waals surface area contributed by atoms with E-state index in [4.69, 9.17) is 0 Å². The Morgan fingerprint density at radius 1 is 1.32 bits per heavy atom. The molecule has 25 heavy (non-hydrogen) atoms. The van der Waals surface area contributed by atoms with Gasteiger partial charge in [-0.2, -0.15) is 0 Å². The van der Waals surface area contributed by atoms with E-state index < -0.39 is 17.7 Å². The molecule has 0 bridgehead atoms. The Morgan fingerprint density at radius 3 is 2.60 bits per heavy atom. The fraction of sp³-hybridized carbons (Fsp3) is 0.294. The molecular weight excluding hydrogens is 358 g/mol. The zero-order valence-corrected chi connectivity index (χ0v) is 15.0. The number of benzene rings is 1. The van der Waals surface area contributed by atoms with E-state index in [1.54, 1.807) is 11.8 Å². The van der Waals surface area contributed by atoms with Crippen LogP contribution in [0.15, 0.2) is 46.0 Å². The molecule has 1 atom stereocenters. The van der Waals surface area contributed by atoms with Gasteiger partial charge in [0.1, 0.15) is 5.51 Å². The Hall–Kier alpha value is -2.19. The summed E-state index contributed by atoms with van der Waals surface area (Å²) >= 11 is 2.81. The number of carbonyl (C=O) groups is 2. The van der Waals surface area contributed by atoms with Gasteiger partial charge in [-0.05, 0) is 36.8 Å². The minimum absolute atomic E-state index is 0.0905. The number of ketones is 1. The number of hydrogen-bond donors (Lipinski definition) is 1. The summed E-state index contributed by atoms with van der Waals surface area (Å²) in [6.07, 6.45) is 3.59. The van der Waals surface area contributed by atoms with E-state index in [9.17, 15) is 14.7 Å². The second-order valence-corrected chi connectivity index (χ2v) is 7.66. The highest BCUT2D eigenvalue weighted by molar-refractivity contribution is 7.98. The molecule has 2 aliphatic rings. The van der Waals surface area contributed by atoms with Gasteiger partial charge >= 0.3 is 0 Å². The lowest BCUT2D eigenvalue weighted by molar-refractivity contribution is -0.118. The van der Waals surface area contributed by atoms with Crippen molar-refractivity contribution in [3.63, 3.8) is 0 Å². The van der Waals surface area contributed by atoms with Crippen molar-refractivity contribution in [3.8, 4) is 0 Å². The Bertz CT molecular complexity index is 858. The Kier molecular flexibility index (Phi) is 4.09. The largest absolute Gasteiger partial charge is 0.503 e. The van der Waals surface area contributed by atoms with Gasteiger partial charge in [-0.25, -0.2) is 0 Å². The minimum atomic E-state index is -0.663. The number of aromatic nitrogens is 2. The summed E-state index contributed by atoms with van der Waals surface area (Å²) in [4.78, 5) is 27.9. The maximum Gasteiger partial charge on any atom is 0.296 e. The molecule has 128 valence electrons. The fourth-order valence-electron chi connectivity index (χ4n) is 2.99. The van der Waals surface area contributed by atoms with E-state index in [0.29, 0.717) is 5.13 Å². The van der Waals surface area contributed by atoms with Crippen LogP contribution in [0.5, 0.6) is 0 Å². The first kappa shape index (κ1) is 16.3. The first-order valence-corrected chi connectivity index (χ1v) is 9.93. The van der Waals surface area contributed by atoms with Gasteiger partial charge in [-0.15, -0.1) is 22.0 Å². The van der Waals surface area contributed by atoms with Gasteiger partial charge in [-0.3, -0.25) is 14.5 Å². The summed E-state index contributed by atoms with van der Waals surface area (Å²) in [6, 6.07) is 6.99. The van der Waals surface area contributed by atoms with Crippen LogP contribution in [0.3, 0.4) is 0 Å². The number of carbonyl (C=O) groups excluding carboxylic acids is 2. The van der Waals surface area contributed by atoms with Crippen LogP contribution in [0.25, 0.3) is 0 Å². The number of anilines is 1. The van der Waals surface area contributed by atoms with Crippen molar-refractivity contribution in [1.29, 1.82) is 0 Å². The van der Waals surface area contributed by atoms with Crippen LogP contribution in [-0.2, 0) is 9.59 Å². The van der Waals surface area contributed by atoms with Gasteiger partial charge in [0.05, 0.1) is 11.6 Å². The van der Waals surface area contributed by atoms with Crippen LogP contribution in [0.1, 0.15) is 24.4 Å². The number of aliphatic hydroxyl groups excluding tert-OH is 1. The predicted octanol–water partition coefficient (Wildman–Crippen LogP) is 3.14. The summed E-state index contributed by atoms with van der Waals surface area (Å²) < 4.78 is 0. The summed E-state index contributed by atoms with van der Waals surface area (Å²) in [6.45, 7) is 0. The molecule has 0 radical (unpaired) electrons. The van der Waals surface area contributed by atoms with E-state index >= 15 is 0 Å². The molecule has 1 aliphatic carbocycles. The molecule has 2 heterocycles. The molecule has 1 aromatic carbocycles. The number of thioether (sulfide) groups is 1. The third-order valence-corrected chi connectivity index (χ3v) is 5.84. The van der Waals surface area contributed by atoms with Crippen molar-refractivity contribution in [3.05, 3.63) is 46.7 Å². The maximum atomic E-state index is 12.8. The Labute approximate surface area is 152 Å². The summed E-state index contributed by atoms with van der Waals surface area (Å²) in [5.41, 5.74) is 2.47. The zero-order chi connectivity index (χ0) is 17.6. The maximum absolute atomic E-state index is 12.8. The van der Waals surface area contributed by atoms with E-state index in [0.717, 1.165) is 23.3 Å². The van der Waals surface area contributed by atoms with Gasteiger partial charge in [0.25, 0.3) is 5.91 Å². The molecular formula is C17H15N3O3S2. The average molecular weight is 373 g/mol. The average Bonchev–Trinajstić information content (AvgIpc) is 3.29. The van der Waals surface area contributed by atoms with Gasteiger partial charge in [-0.1, -0.05) is 23.5 Å². The first-order valence-electron chi connectivity index (χ1n) is 7.83. The van der Waals surface area contributed by atoms with Crippen molar-refractivity contribution in [1.82, 2.24) is 10.2 Å². The number of nitrogens with zero attached hydrogens (tertiary/aromatic N) is 3. The molecule has 0 spiro atoms. The molecule has 8 heteroatoms. The van der Waals surface area contributed by atoms with Crippen molar-refractivity contribution in [2.75, 3.05) is 11.2 Å². The monoisotopic (exact) mass is 373 g/mol. The van der Waals surface area contributed by atoms with Crippen LogP contribution in [0, 0.1) is 5.92 Å². The molecule has 6 nitrogen and oxygen atoms in total. The lowest BCUT2D eigenvalue weighted by atomic mass is 9.94. The highest BCUT2D eigenvalue weighted by Crippen LogP contribution is 2.45. The van der Waals surface area contributed by atoms with Crippen LogP contribution < -0.4 is 4.90 Å². The highest BCUT2D eigenvalue weighted by atomic mass is 32.2. The number of Topliss-reactive ketones (excluding diaryl/α,β-unsaturated/α-hetero) is 1. The molecule has 1 aliphatic heterocycles. The van der Waals surface area contributed by atoms with E-state index in [2.05, 4.69) is 10.2 Å². The molecule has 1 fully saturated rings. The molecule has 1 unspecified atom stereocenters. The molecule has 1 N–H and O–H groups in total. The number of rotatable bonds is 5. The van der Waals surface area contributed by atoms with Crippen LogP contribution in [0.2, 0.25) is 0 Å². The number of amides is 1. The van der Waals surface area contributed by atoms with E-state index in [1.807, 2.05) is 30.5 Å². The quantitative estimate of drug-likeness (QED) is 0.811. The molecule has 1 saturated carbocycles. The SMILES string of the molecule is CSc1ccc(C2C(C(=O)C3CC3)=C(O)C(=O)N2c2nncs2)cc1. The highest BCUT2D eigenvalue weighted by Gasteiger charge is 2.48. The standard InChI is InChI=1S/C17H15N3O3S2/c1-24-11-6-4-9(5-7-11)13-12(14(21)10-2-3-10)15(22)16(23)20(13)17-19-18-8-25-17/h4-8,10,13,22H,2-3H2,1H3. The van der Waals surface area contributed by atoms with Gasteiger partial charge < -0.3 is 5.11 Å². The van der Waals surface area contributed by atoms with Crippen molar-refractivity contribution in [2.45, 2.75) is 23.8 Å². The minimum Gasteiger partial charge on any atom is -0.503 e. The second kappa shape index (κ2) is 6.27. The van der Waals surface area contributed by atoms with Gasteiger partial charge in [0, 0.05) is 10.8 Å². The molecule has 1 aromatic heterocycles. The topological polar surface area (TPSA) is 83.4 Å². The lowest BCUT2D eigenvalue weighted by Gasteiger charge is -2.24. The molecule has 2 aromatic rings. The number of aliphatic hydroxyl groups is 1. The van der Waals surface area contributed by atoms with Crippen molar-refractivity contribution >= 4 is 39.9 Å². The van der Waals surface area contributed by atoms with Gasteiger partial charge in [0.15, 0.2) is 11.5 Å². The molecule has 0 saturated heterocycles. The Morgan fingerprint density at radius 2 is 2.04 bits per heavy atom. The van der Waals surface area contributed by atoms with Gasteiger partial charge in [0.2, 0.25) is 5.13 Å². The van der Waals surface area contributed by atoms with Crippen LogP contribution in [-0.4, -0.2) is 33.3 Å². The summed E-state index contributed by atoms with van der Waals surface area (Å²) in [5.74, 6) is -1.30. The summed E-state index contributed by atoms with van der Waals surface area (Å²) in [5, 5.41) is 18.5. The van der Waals surface area contributed by atoms with Crippen molar-refractivity contribution < 1.29 is 14.7 Å². The Balaban J connectivity index is 1.82. The fourth-order valence-corrected chi connectivity index (χ4v) is 3.99. The second-order valence-electron chi connectivity index (χ2n) is 5.97. The van der Waals surface area contributed by atoms with Crippen LogP contribution in [0.4, 0.5) is 5.13 Å². The summed E-state index contributed by atoms with van der Waals surface area (Å²) in [7, 11) is 0. The van der Waals surface area contributed by atoms with Crippen molar-refractivity contribution in [2.24, 2.45) is 5.92 Å². The van der Waals surface area contributed by atoms with E-state index in [-0.39, 0.29) is 17.3 Å².